The second-order valence-corrected chi connectivity index (χ2v) is 6.11. The average Bonchev–Trinajstić information content (AvgIpc) is 3.07. The molecule has 4 rings (SSSR count). The van der Waals surface area contributed by atoms with E-state index < -0.39 is 0 Å². The number of carbonyl (C=O) groups excluding carboxylic acids is 2. The zero-order valence-corrected chi connectivity index (χ0v) is 13.2. The molecule has 2 aliphatic rings. The fourth-order valence-corrected chi connectivity index (χ4v) is 3.26. The van der Waals surface area contributed by atoms with Crippen LogP contribution >= 0.6 is 0 Å². The third kappa shape index (κ3) is 2.71. The van der Waals surface area contributed by atoms with Crippen LogP contribution in [-0.2, 0) is 4.79 Å². The van der Waals surface area contributed by atoms with Gasteiger partial charge in [-0.2, -0.15) is 0 Å². The van der Waals surface area contributed by atoms with Gasteiger partial charge in [-0.3, -0.25) is 15.0 Å². The Hall–Kier alpha value is -2.89. The van der Waals surface area contributed by atoms with E-state index in [1.807, 2.05) is 18.2 Å². The van der Waals surface area contributed by atoms with Gasteiger partial charge in [-0.15, -0.1) is 0 Å². The first-order valence-corrected chi connectivity index (χ1v) is 8.12. The number of amides is 3. The van der Waals surface area contributed by atoms with E-state index in [0.29, 0.717) is 19.4 Å². The zero-order valence-electron chi connectivity index (χ0n) is 13.2. The lowest BCUT2D eigenvalue weighted by Gasteiger charge is -2.25. The summed E-state index contributed by atoms with van der Waals surface area (Å²) in [5, 5.41) is 2.49. The topological polar surface area (TPSA) is 78.1 Å². The van der Waals surface area contributed by atoms with Gasteiger partial charge in [-0.05, 0) is 48.6 Å². The van der Waals surface area contributed by atoms with Gasteiger partial charge in [0.05, 0.1) is 17.4 Å². The molecule has 2 heterocycles. The van der Waals surface area contributed by atoms with Crippen LogP contribution < -0.4 is 10.2 Å². The SMILES string of the molecule is O=C1CCC2=C(CCC=C2)CN(c2ccc3nc[nH]c3c2)C(=O)N1. The van der Waals surface area contributed by atoms with E-state index in [-0.39, 0.29) is 11.9 Å². The number of urea groups is 1. The molecule has 0 spiro atoms. The third-order valence-electron chi connectivity index (χ3n) is 4.56. The fourth-order valence-electron chi connectivity index (χ4n) is 3.26. The molecule has 0 unspecified atom stereocenters. The fraction of sp³-hybridized carbons (Fsp3) is 0.278. The van der Waals surface area contributed by atoms with Crippen LogP contribution in [0.4, 0.5) is 10.5 Å². The van der Waals surface area contributed by atoms with Gasteiger partial charge >= 0.3 is 6.03 Å². The molecule has 122 valence electrons. The van der Waals surface area contributed by atoms with Gasteiger partial charge in [0.1, 0.15) is 0 Å². The Bertz CT molecular complexity index is 878. The molecule has 0 saturated heterocycles. The Kier molecular flexibility index (Phi) is 3.65. The quantitative estimate of drug-likeness (QED) is 0.847. The molecule has 0 fully saturated rings. The molecule has 0 saturated carbocycles. The second-order valence-electron chi connectivity index (χ2n) is 6.11. The van der Waals surface area contributed by atoms with E-state index in [1.54, 1.807) is 11.2 Å². The number of nitrogens with one attached hydrogen (secondary N) is 2. The van der Waals surface area contributed by atoms with Crippen molar-refractivity contribution in [2.75, 3.05) is 11.4 Å². The maximum absolute atomic E-state index is 12.6. The zero-order chi connectivity index (χ0) is 16.5. The first-order chi connectivity index (χ1) is 11.7. The molecule has 24 heavy (non-hydrogen) atoms. The van der Waals surface area contributed by atoms with Crippen LogP contribution in [0.1, 0.15) is 25.7 Å². The second kappa shape index (κ2) is 5.96. The van der Waals surface area contributed by atoms with Crippen LogP contribution in [0.5, 0.6) is 0 Å². The van der Waals surface area contributed by atoms with E-state index >= 15 is 0 Å². The molecule has 0 radical (unpaired) electrons. The molecule has 0 atom stereocenters. The van der Waals surface area contributed by atoms with Crippen molar-refractivity contribution in [2.45, 2.75) is 25.7 Å². The molecule has 6 nitrogen and oxygen atoms in total. The van der Waals surface area contributed by atoms with E-state index in [0.717, 1.165) is 29.6 Å². The van der Waals surface area contributed by atoms with Gasteiger partial charge < -0.3 is 4.98 Å². The van der Waals surface area contributed by atoms with Crippen molar-refractivity contribution in [3.63, 3.8) is 0 Å². The van der Waals surface area contributed by atoms with Crippen molar-refractivity contribution in [2.24, 2.45) is 0 Å². The number of hydrogen-bond donors (Lipinski definition) is 2. The maximum atomic E-state index is 12.6. The summed E-state index contributed by atoms with van der Waals surface area (Å²) >= 11 is 0. The Balaban J connectivity index is 1.76. The third-order valence-corrected chi connectivity index (χ3v) is 4.56. The number of allylic oxidation sites excluding steroid dienone is 3. The average molecular weight is 322 g/mol. The minimum absolute atomic E-state index is 0.236. The van der Waals surface area contributed by atoms with Gasteiger partial charge in [-0.25, -0.2) is 9.78 Å². The number of imide groups is 1. The molecule has 2 N–H and O–H groups in total. The van der Waals surface area contributed by atoms with Crippen LogP contribution in [0, 0.1) is 0 Å². The van der Waals surface area contributed by atoms with Gasteiger partial charge in [0.2, 0.25) is 5.91 Å². The van der Waals surface area contributed by atoms with E-state index in [4.69, 9.17) is 0 Å². The summed E-state index contributed by atoms with van der Waals surface area (Å²) in [6.45, 7) is 0.498. The van der Waals surface area contributed by atoms with Crippen LogP contribution in [0.3, 0.4) is 0 Å². The van der Waals surface area contributed by atoms with E-state index in [9.17, 15) is 9.59 Å². The molecular weight excluding hydrogens is 304 g/mol. The number of rotatable bonds is 1. The van der Waals surface area contributed by atoms with E-state index in [2.05, 4.69) is 27.4 Å². The highest BCUT2D eigenvalue weighted by Gasteiger charge is 2.24. The predicted molar refractivity (Wildman–Crippen MR) is 91.6 cm³/mol. The molecule has 1 aliphatic heterocycles. The highest BCUT2D eigenvalue weighted by Crippen LogP contribution is 2.28. The lowest BCUT2D eigenvalue weighted by Crippen LogP contribution is -2.43. The van der Waals surface area contributed by atoms with Crippen molar-refractivity contribution >= 4 is 28.7 Å². The number of benzene rings is 1. The number of anilines is 1. The number of fused-ring (bicyclic) bond motifs is 1. The van der Waals surface area contributed by atoms with Crippen LogP contribution in [0.15, 0.2) is 47.8 Å². The largest absolute Gasteiger partial charge is 0.345 e. The number of aromatic amines is 1. The Morgan fingerprint density at radius 2 is 2.04 bits per heavy atom. The van der Waals surface area contributed by atoms with Gasteiger partial charge in [-0.1, -0.05) is 12.2 Å². The number of nitrogens with zero attached hydrogens (tertiary/aromatic N) is 2. The van der Waals surface area contributed by atoms with Crippen molar-refractivity contribution in [1.29, 1.82) is 0 Å². The van der Waals surface area contributed by atoms with Crippen molar-refractivity contribution in [3.05, 3.63) is 47.8 Å². The highest BCUT2D eigenvalue weighted by molar-refractivity contribution is 6.03. The van der Waals surface area contributed by atoms with Crippen molar-refractivity contribution < 1.29 is 9.59 Å². The van der Waals surface area contributed by atoms with Crippen LogP contribution in [0.25, 0.3) is 11.0 Å². The van der Waals surface area contributed by atoms with Crippen molar-refractivity contribution in [1.82, 2.24) is 15.3 Å². The van der Waals surface area contributed by atoms with Crippen LogP contribution in [-0.4, -0.2) is 28.5 Å². The lowest BCUT2D eigenvalue weighted by atomic mass is 9.94. The molecule has 3 amide bonds. The first-order valence-electron chi connectivity index (χ1n) is 8.12. The van der Waals surface area contributed by atoms with Gasteiger partial charge in [0.25, 0.3) is 0 Å². The molecule has 6 heteroatoms. The Labute approximate surface area is 139 Å². The molecular formula is C18H18N4O2. The minimum Gasteiger partial charge on any atom is -0.345 e. The van der Waals surface area contributed by atoms with Crippen LogP contribution in [0.2, 0.25) is 0 Å². The summed E-state index contributed by atoms with van der Waals surface area (Å²) < 4.78 is 0. The number of aromatic nitrogens is 2. The summed E-state index contributed by atoms with van der Waals surface area (Å²) in [5.41, 5.74) is 4.87. The standard InChI is InChI=1S/C18H18N4O2/c23-17-8-5-12-3-1-2-4-13(12)10-22(18(24)21-17)14-6-7-15-16(9-14)20-11-19-15/h1,3,6-7,9,11H,2,4-5,8,10H2,(H,19,20)(H,21,23,24). The number of imidazole rings is 1. The highest BCUT2D eigenvalue weighted by atomic mass is 16.2. The van der Waals surface area contributed by atoms with Gasteiger partial charge in [0.15, 0.2) is 0 Å². The summed E-state index contributed by atoms with van der Waals surface area (Å²) in [7, 11) is 0. The molecule has 1 aliphatic carbocycles. The molecule has 1 aromatic carbocycles. The van der Waals surface area contributed by atoms with E-state index in [1.165, 1.54) is 11.1 Å². The number of H-pyrrole nitrogens is 1. The lowest BCUT2D eigenvalue weighted by molar-refractivity contribution is -0.119. The monoisotopic (exact) mass is 322 g/mol. The predicted octanol–water partition coefficient (Wildman–Crippen LogP) is 3.05. The maximum Gasteiger partial charge on any atom is 0.328 e. The normalized spacial score (nSPS) is 18.9. The van der Waals surface area contributed by atoms with Crippen molar-refractivity contribution in [3.8, 4) is 0 Å². The first kappa shape index (κ1) is 14.7. The smallest absolute Gasteiger partial charge is 0.328 e. The number of carbonyl (C=O) groups is 2. The Morgan fingerprint density at radius 1 is 1.12 bits per heavy atom. The summed E-state index contributed by atoms with van der Waals surface area (Å²) in [5.74, 6) is -0.236. The Morgan fingerprint density at radius 3 is 2.96 bits per heavy atom. The molecule has 2 aromatic rings. The summed E-state index contributed by atoms with van der Waals surface area (Å²) in [6.07, 6.45) is 8.78. The molecule has 1 aromatic heterocycles. The number of hydrogen-bond acceptors (Lipinski definition) is 3. The molecule has 0 bridgehead atoms. The minimum atomic E-state index is -0.373. The van der Waals surface area contributed by atoms with Gasteiger partial charge in [0, 0.05) is 18.7 Å². The summed E-state index contributed by atoms with van der Waals surface area (Å²) in [4.78, 5) is 33.5. The summed E-state index contributed by atoms with van der Waals surface area (Å²) in [6, 6.07) is 5.26.